The number of halogens is 12. The van der Waals surface area contributed by atoms with E-state index in [4.69, 9.17) is 0 Å². The van der Waals surface area contributed by atoms with Crippen molar-refractivity contribution < 1.29 is 78.8 Å². The number of pyridine rings is 2. The average molecular weight is 620 g/mol. The van der Waals surface area contributed by atoms with Gasteiger partial charge in [0.1, 0.15) is 14.1 Å². The van der Waals surface area contributed by atoms with E-state index in [9.17, 15) is 69.7 Å². The van der Waals surface area contributed by atoms with Crippen LogP contribution in [0.25, 0.3) is 9.89 Å². The largest absolute Gasteiger partial charge is 0.467 e. The van der Waals surface area contributed by atoms with Crippen LogP contribution in [0.1, 0.15) is 0 Å². The molecule has 0 bridgehead atoms. The van der Waals surface area contributed by atoms with E-state index in [2.05, 4.69) is 0 Å². The lowest BCUT2D eigenvalue weighted by Gasteiger charge is -2.23. The van der Waals surface area contributed by atoms with Gasteiger partial charge < -0.3 is 18.9 Å². The monoisotopic (exact) mass is 620 g/mol. The van der Waals surface area contributed by atoms with Gasteiger partial charge in [0.2, 0.25) is 0 Å². The summed E-state index contributed by atoms with van der Waals surface area (Å²) >= 11 is 0. The summed E-state index contributed by atoms with van der Waals surface area (Å²) in [5.41, 5.74) is 0. The Hall–Kier alpha value is -2.72. The van der Waals surface area contributed by atoms with Gasteiger partial charge in [-0.2, -0.15) is 43.9 Å². The molecule has 0 saturated heterocycles. The lowest BCUT2D eigenvalue weighted by Crippen LogP contribution is -2.42. The van der Waals surface area contributed by atoms with Crippen LogP contribution in [0.5, 0.6) is 0 Å². The van der Waals surface area contributed by atoms with E-state index in [1.165, 1.54) is 0 Å². The molecule has 0 atom stereocenters. The number of rotatable bonds is 4. The summed E-state index contributed by atoms with van der Waals surface area (Å²) in [4.78, 5) is 0.922. The molecule has 0 aromatic carbocycles. The zero-order valence-corrected chi connectivity index (χ0v) is 20.2. The molecule has 0 fully saturated rings. The maximum Gasteiger partial charge on any atom is 0.467 e. The first-order chi connectivity index (χ1) is 16.9. The first kappa shape index (κ1) is 37.4. The van der Waals surface area contributed by atoms with Gasteiger partial charge in [-0.25, -0.2) is 26.0 Å². The lowest BCUT2D eigenvalue weighted by molar-refractivity contribution is -0.671. The fourth-order valence-corrected chi connectivity index (χ4v) is 2.11. The fraction of sp³-hybridized carbons (Fsp3) is 0.375. The lowest BCUT2D eigenvalue weighted by atomic mass is 10.5. The molecular formula is C16H16F12N4O4S2. The zero-order chi connectivity index (χ0) is 30.6. The maximum atomic E-state index is 11.7. The molecule has 2 rings (SSSR count). The number of nitrogens with zero attached hydrogens (tertiary/aromatic N) is 4. The molecule has 220 valence electrons. The van der Waals surface area contributed by atoms with Gasteiger partial charge in [-0.05, 0) is 0 Å². The normalized spacial score (nSPS) is 12.6. The minimum atomic E-state index is -6.46. The van der Waals surface area contributed by atoms with Gasteiger partial charge in [-0.1, -0.05) is 12.1 Å². The highest BCUT2D eigenvalue weighted by Gasteiger charge is 2.64. The van der Waals surface area contributed by atoms with E-state index in [-0.39, 0.29) is 0 Å². The summed E-state index contributed by atoms with van der Waals surface area (Å²) < 4.78 is 178. The standard InChI is InChI=1S/2C6H8N.2C2F6NO2S/c2*1-7-5-3-2-4-6-7;2*3-1(4,5)2(6,7)12(10,11)9-8/h2*2-6H,1H3;;/q2*+1;2*-1. The number of aromatic nitrogens is 2. The van der Waals surface area contributed by atoms with Crippen LogP contribution in [0, 0.1) is 0 Å². The Kier molecular flexibility index (Phi) is 14.2. The quantitative estimate of drug-likeness (QED) is 0.372. The molecule has 0 aliphatic carbocycles. The van der Waals surface area contributed by atoms with Gasteiger partial charge in [-0.3, -0.25) is 0 Å². The van der Waals surface area contributed by atoms with Crippen LogP contribution in [0.4, 0.5) is 52.9 Å². The predicted molar refractivity (Wildman–Crippen MR) is 104 cm³/mol. The number of alkyl halides is 10. The molecule has 8 nitrogen and oxygen atoms in total. The minimum absolute atomic E-state index is 0.461. The van der Waals surface area contributed by atoms with Crippen LogP contribution in [-0.4, -0.2) is 39.7 Å². The third-order valence-corrected chi connectivity index (χ3v) is 5.34. The Bertz CT molecular complexity index is 1070. The second-order valence-corrected chi connectivity index (χ2v) is 9.40. The average Bonchev–Trinajstić information content (AvgIpc) is 2.79. The third kappa shape index (κ3) is 11.3. The Labute approximate surface area is 207 Å². The van der Waals surface area contributed by atoms with Gasteiger partial charge in [0.15, 0.2) is 44.8 Å². The highest BCUT2D eigenvalue weighted by molar-refractivity contribution is 7.95. The van der Waals surface area contributed by atoms with Crippen molar-refractivity contribution >= 4 is 20.0 Å². The molecular weight excluding hydrogens is 604 g/mol. The molecule has 0 saturated carbocycles. The van der Waals surface area contributed by atoms with Gasteiger partial charge in [-0.15, -0.1) is 0 Å². The summed E-state index contributed by atoms with van der Waals surface area (Å²) in [7, 11) is -8.91. The number of hydrogen-bond acceptors (Lipinski definition) is 4. The van der Waals surface area contributed by atoms with Crippen molar-refractivity contribution in [1.29, 1.82) is 0 Å². The molecule has 2 aromatic heterocycles. The Morgan fingerprint density at radius 3 is 0.789 bits per heavy atom. The molecule has 22 heteroatoms. The summed E-state index contributed by atoms with van der Waals surface area (Å²) in [6.07, 6.45) is -4.75. The number of aryl methyl sites for hydroxylation is 2. The van der Waals surface area contributed by atoms with Crippen LogP contribution in [0.15, 0.2) is 61.2 Å². The van der Waals surface area contributed by atoms with Crippen molar-refractivity contribution in [3.05, 3.63) is 71.1 Å². The van der Waals surface area contributed by atoms with Gasteiger partial charge in [0.25, 0.3) is 0 Å². The molecule has 2 aromatic rings. The van der Waals surface area contributed by atoms with Crippen molar-refractivity contribution in [3.8, 4) is 0 Å². The molecule has 0 unspecified atom stereocenters. The highest BCUT2D eigenvalue weighted by atomic mass is 32.2. The van der Waals surface area contributed by atoms with E-state index in [0.29, 0.717) is 9.89 Å². The van der Waals surface area contributed by atoms with Gasteiger partial charge in [0, 0.05) is 24.3 Å². The maximum absolute atomic E-state index is 11.7. The van der Waals surface area contributed by atoms with Crippen LogP contribution < -0.4 is 9.13 Å². The third-order valence-electron chi connectivity index (χ3n) is 3.22. The molecule has 38 heavy (non-hydrogen) atoms. The molecule has 0 amide bonds. The van der Waals surface area contributed by atoms with Crippen molar-refractivity contribution in [2.24, 2.45) is 14.1 Å². The Balaban J connectivity index is 0. The molecule has 0 N–H and O–H groups in total. The SMILES string of the molecule is C[n+]1ccccc1.C[n+]1ccccc1.O=S(=O)([N-]F)C(F)(F)C(F)(F)F.O=S(=O)([N-]F)C(F)(F)C(F)(F)F. The molecule has 0 radical (unpaired) electrons. The second-order valence-electron chi connectivity index (χ2n) is 6.20. The summed E-state index contributed by atoms with van der Waals surface area (Å²) in [6.45, 7) is 0. The number of sulfonamides is 2. The van der Waals surface area contributed by atoms with Gasteiger partial charge >= 0.3 is 22.9 Å². The van der Waals surface area contributed by atoms with Crippen LogP contribution in [0.2, 0.25) is 0 Å². The molecule has 0 aliphatic heterocycles. The van der Waals surface area contributed by atoms with Crippen LogP contribution >= 0.6 is 0 Å². The van der Waals surface area contributed by atoms with Crippen LogP contribution in [0.3, 0.4) is 0 Å². The first-order valence-corrected chi connectivity index (χ1v) is 11.6. The van der Waals surface area contributed by atoms with E-state index in [1.807, 2.05) is 84.4 Å². The first-order valence-electron chi connectivity index (χ1n) is 8.76. The molecule has 0 spiro atoms. The second kappa shape index (κ2) is 14.4. The fourth-order valence-electron chi connectivity index (χ4n) is 1.35. The van der Waals surface area contributed by atoms with E-state index >= 15 is 0 Å². The van der Waals surface area contributed by atoms with Crippen molar-refractivity contribution in [2.75, 3.05) is 0 Å². The Morgan fingerprint density at radius 2 is 0.711 bits per heavy atom. The van der Waals surface area contributed by atoms with Crippen molar-refractivity contribution in [1.82, 2.24) is 0 Å². The topological polar surface area (TPSA) is 104 Å². The minimum Gasteiger partial charge on any atom is -0.374 e. The highest BCUT2D eigenvalue weighted by Crippen LogP contribution is 2.42. The molecule has 0 aliphatic rings. The van der Waals surface area contributed by atoms with Crippen molar-refractivity contribution in [3.63, 3.8) is 0 Å². The summed E-state index contributed by atoms with van der Waals surface area (Å²) in [5, 5.41) is -12.4. The Morgan fingerprint density at radius 1 is 0.500 bits per heavy atom. The summed E-state index contributed by atoms with van der Waals surface area (Å²) in [5.74, 6) is 0. The van der Waals surface area contributed by atoms with Crippen molar-refractivity contribution in [2.45, 2.75) is 22.9 Å². The summed E-state index contributed by atoms with van der Waals surface area (Å²) in [6, 6.07) is 12.0. The van der Waals surface area contributed by atoms with E-state index in [0.717, 1.165) is 0 Å². The smallest absolute Gasteiger partial charge is 0.374 e. The van der Waals surface area contributed by atoms with E-state index in [1.54, 1.807) is 0 Å². The zero-order valence-electron chi connectivity index (χ0n) is 18.5. The van der Waals surface area contributed by atoms with Gasteiger partial charge in [0.05, 0.1) is 0 Å². The number of hydrogen-bond donors (Lipinski definition) is 0. The molecule has 2 heterocycles. The van der Waals surface area contributed by atoms with E-state index < -0.39 is 42.9 Å². The predicted octanol–water partition coefficient (Wildman–Crippen LogP) is 4.48. The van der Waals surface area contributed by atoms with Crippen LogP contribution in [-0.2, 0) is 34.1 Å².